The van der Waals surface area contributed by atoms with Crippen molar-refractivity contribution in [1.82, 2.24) is 10.3 Å². The molecule has 2 aromatic rings. The SMILES string of the molecule is CCCC(C)NC(=O)Nc1cccc2cccnc12. The number of fused-ring (bicyclic) bond motifs is 1. The molecule has 2 rings (SSSR count). The van der Waals surface area contributed by atoms with Gasteiger partial charge < -0.3 is 10.6 Å². The molecule has 0 aliphatic rings. The van der Waals surface area contributed by atoms with Gasteiger partial charge in [-0.15, -0.1) is 0 Å². The zero-order valence-electron chi connectivity index (χ0n) is 11.3. The van der Waals surface area contributed by atoms with Gasteiger partial charge in [0, 0.05) is 17.6 Å². The van der Waals surface area contributed by atoms with Crippen LogP contribution >= 0.6 is 0 Å². The van der Waals surface area contributed by atoms with Crippen molar-refractivity contribution < 1.29 is 4.79 Å². The first-order chi connectivity index (χ1) is 9.20. The summed E-state index contributed by atoms with van der Waals surface area (Å²) < 4.78 is 0. The number of benzene rings is 1. The second-order valence-corrected chi connectivity index (χ2v) is 4.67. The van der Waals surface area contributed by atoms with Crippen LogP contribution in [0.3, 0.4) is 0 Å². The van der Waals surface area contributed by atoms with Gasteiger partial charge >= 0.3 is 6.03 Å². The van der Waals surface area contributed by atoms with Crippen molar-refractivity contribution >= 4 is 22.6 Å². The molecule has 0 fully saturated rings. The molecule has 100 valence electrons. The molecule has 0 saturated heterocycles. The molecule has 1 aromatic carbocycles. The van der Waals surface area contributed by atoms with Gasteiger partial charge in [0.15, 0.2) is 0 Å². The van der Waals surface area contributed by atoms with E-state index in [0.717, 1.165) is 29.4 Å². The molecule has 0 aliphatic carbocycles. The maximum atomic E-state index is 11.9. The van der Waals surface area contributed by atoms with Gasteiger partial charge in [0.1, 0.15) is 0 Å². The molecule has 2 amide bonds. The van der Waals surface area contributed by atoms with E-state index in [0.29, 0.717) is 0 Å². The Hall–Kier alpha value is -2.10. The third-order valence-electron chi connectivity index (χ3n) is 2.98. The highest BCUT2D eigenvalue weighted by atomic mass is 16.2. The van der Waals surface area contributed by atoms with E-state index in [-0.39, 0.29) is 12.1 Å². The van der Waals surface area contributed by atoms with Crippen LogP contribution < -0.4 is 10.6 Å². The van der Waals surface area contributed by atoms with Crippen molar-refractivity contribution in [3.8, 4) is 0 Å². The molecule has 2 N–H and O–H groups in total. The Bertz CT molecular complexity index is 563. The molecule has 4 heteroatoms. The number of hydrogen-bond acceptors (Lipinski definition) is 2. The summed E-state index contributed by atoms with van der Waals surface area (Å²) in [6.07, 6.45) is 3.75. The Kier molecular flexibility index (Phi) is 4.34. The molecule has 0 saturated carbocycles. The molecule has 1 heterocycles. The minimum atomic E-state index is -0.181. The lowest BCUT2D eigenvalue weighted by atomic mass is 10.2. The Labute approximate surface area is 113 Å². The van der Waals surface area contributed by atoms with E-state index in [2.05, 4.69) is 22.5 Å². The number of aromatic nitrogens is 1. The van der Waals surface area contributed by atoms with Gasteiger partial charge in [-0.2, -0.15) is 0 Å². The Balaban J connectivity index is 2.11. The molecule has 1 atom stereocenters. The van der Waals surface area contributed by atoms with Crippen LogP contribution in [0.25, 0.3) is 10.9 Å². The molecule has 0 bridgehead atoms. The monoisotopic (exact) mass is 257 g/mol. The van der Waals surface area contributed by atoms with Crippen LogP contribution in [0, 0.1) is 0 Å². The second-order valence-electron chi connectivity index (χ2n) is 4.67. The number of para-hydroxylation sites is 1. The lowest BCUT2D eigenvalue weighted by molar-refractivity contribution is 0.248. The summed E-state index contributed by atoms with van der Waals surface area (Å²) in [5, 5.41) is 6.79. The van der Waals surface area contributed by atoms with Crippen LogP contribution in [0.4, 0.5) is 10.5 Å². The van der Waals surface area contributed by atoms with E-state index in [9.17, 15) is 4.79 Å². The number of amides is 2. The summed E-state index contributed by atoms with van der Waals surface area (Å²) in [4.78, 5) is 16.2. The zero-order chi connectivity index (χ0) is 13.7. The number of pyridine rings is 1. The van der Waals surface area contributed by atoms with Crippen LogP contribution in [-0.2, 0) is 0 Å². The van der Waals surface area contributed by atoms with E-state index >= 15 is 0 Å². The second kappa shape index (κ2) is 6.18. The summed E-state index contributed by atoms with van der Waals surface area (Å²) in [5.74, 6) is 0. The van der Waals surface area contributed by atoms with Gasteiger partial charge in [0.2, 0.25) is 0 Å². The van der Waals surface area contributed by atoms with Gasteiger partial charge in [-0.05, 0) is 25.5 Å². The third kappa shape index (κ3) is 3.44. The molecule has 1 unspecified atom stereocenters. The average Bonchev–Trinajstić information content (AvgIpc) is 2.39. The van der Waals surface area contributed by atoms with E-state index in [1.165, 1.54) is 0 Å². The lowest BCUT2D eigenvalue weighted by Gasteiger charge is -2.14. The molecular formula is C15H19N3O. The van der Waals surface area contributed by atoms with Crippen molar-refractivity contribution in [1.29, 1.82) is 0 Å². The number of rotatable bonds is 4. The van der Waals surface area contributed by atoms with Gasteiger partial charge in [-0.1, -0.05) is 31.5 Å². The lowest BCUT2D eigenvalue weighted by Crippen LogP contribution is -2.36. The quantitative estimate of drug-likeness (QED) is 0.880. The topological polar surface area (TPSA) is 54.0 Å². The Morgan fingerprint density at radius 1 is 1.32 bits per heavy atom. The number of urea groups is 1. The maximum absolute atomic E-state index is 11.9. The fourth-order valence-electron chi connectivity index (χ4n) is 2.09. The Morgan fingerprint density at radius 2 is 2.11 bits per heavy atom. The van der Waals surface area contributed by atoms with Crippen molar-refractivity contribution in [3.63, 3.8) is 0 Å². The number of carbonyl (C=O) groups is 1. The standard InChI is InChI=1S/C15H19N3O/c1-3-6-11(2)17-15(19)18-13-9-4-7-12-8-5-10-16-14(12)13/h4-5,7-11H,3,6H2,1-2H3,(H2,17,18,19). The van der Waals surface area contributed by atoms with E-state index in [4.69, 9.17) is 0 Å². The fraction of sp³-hybridized carbons (Fsp3) is 0.333. The summed E-state index contributed by atoms with van der Waals surface area (Å²) in [7, 11) is 0. The minimum absolute atomic E-state index is 0.174. The first kappa shape index (κ1) is 13.3. The van der Waals surface area contributed by atoms with Crippen molar-refractivity contribution in [3.05, 3.63) is 36.5 Å². The molecule has 19 heavy (non-hydrogen) atoms. The number of carbonyl (C=O) groups excluding carboxylic acids is 1. The summed E-state index contributed by atoms with van der Waals surface area (Å²) in [5.41, 5.74) is 1.54. The Morgan fingerprint density at radius 3 is 2.89 bits per heavy atom. The van der Waals surface area contributed by atoms with E-state index in [1.54, 1.807) is 6.20 Å². The number of anilines is 1. The molecule has 1 aromatic heterocycles. The molecular weight excluding hydrogens is 238 g/mol. The largest absolute Gasteiger partial charge is 0.335 e. The molecule has 0 radical (unpaired) electrons. The maximum Gasteiger partial charge on any atom is 0.319 e. The zero-order valence-corrected chi connectivity index (χ0v) is 11.3. The summed E-state index contributed by atoms with van der Waals surface area (Å²) >= 11 is 0. The predicted molar refractivity (Wildman–Crippen MR) is 78.3 cm³/mol. The van der Waals surface area contributed by atoms with Gasteiger partial charge in [0.05, 0.1) is 11.2 Å². The van der Waals surface area contributed by atoms with Gasteiger partial charge in [-0.25, -0.2) is 4.79 Å². The highest BCUT2D eigenvalue weighted by Gasteiger charge is 2.08. The van der Waals surface area contributed by atoms with Crippen molar-refractivity contribution in [2.75, 3.05) is 5.32 Å². The van der Waals surface area contributed by atoms with Crippen LogP contribution in [-0.4, -0.2) is 17.1 Å². The predicted octanol–water partition coefficient (Wildman–Crippen LogP) is 3.54. The van der Waals surface area contributed by atoms with Gasteiger partial charge in [-0.3, -0.25) is 4.98 Å². The fourth-order valence-corrected chi connectivity index (χ4v) is 2.09. The van der Waals surface area contributed by atoms with Crippen LogP contribution in [0.2, 0.25) is 0 Å². The highest BCUT2D eigenvalue weighted by Crippen LogP contribution is 2.20. The van der Waals surface area contributed by atoms with Gasteiger partial charge in [0.25, 0.3) is 0 Å². The minimum Gasteiger partial charge on any atom is -0.335 e. The highest BCUT2D eigenvalue weighted by molar-refractivity contribution is 5.99. The normalized spacial score (nSPS) is 12.1. The van der Waals surface area contributed by atoms with E-state index < -0.39 is 0 Å². The van der Waals surface area contributed by atoms with Crippen molar-refractivity contribution in [2.45, 2.75) is 32.7 Å². The van der Waals surface area contributed by atoms with Crippen LogP contribution in [0.5, 0.6) is 0 Å². The number of nitrogens with one attached hydrogen (secondary N) is 2. The first-order valence-electron chi connectivity index (χ1n) is 6.62. The average molecular weight is 257 g/mol. The molecule has 0 aliphatic heterocycles. The van der Waals surface area contributed by atoms with Crippen molar-refractivity contribution in [2.24, 2.45) is 0 Å². The van der Waals surface area contributed by atoms with Crippen LogP contribution in [0.15, 0.2) is 36.5 Å². The number of nitrogens with zero attached hydrogens (tertiary/aromatic N) is 1. The van der Waals surface area contributed by atoms with Crippen LogP contribution in [0.1, 0.15) is 26.7 Å². The summed E-state index contributed by atoms with van der Waals surface area (Å²) in [6.45, 7) is 4.11. The smallest absolute Gasteiger partial charge is 0.319 e. The number of hydrogen-bond donors (Lipinski definition) is 2. The first-order valence-corrected chi connectivity index (χ1v) is 6.62. The summed E-state index contributed by atoms with van der Waals surface area (Å²) in [6, 6.07) is 9.60. The molecule has 4 nitrogen and oxygen atoms in total. The third-order valence-corrected chi connectivity index (χ3v) is 2.98. The van der Waals surface area contributed by atoms with E-state index in [1.807, 2.05) is 37.3 Å². The molecule has 0 spiro atoms.